The number of aryl methyl sites for hydroxylation is 1. The number of carbonyl (C=O) groups is 1. The fourth-order valence-electron chi connectivity index (χ4n) is 5.02. The van der Waals surface area contributed by atoms with E-state index in [1.807, 2.05) is 0 Å². The zero-order chi connectivity index (χ0) is 16.7. The second-order valence-corrected chi connectivity index (χ2v) is 7.88. The van der Waals surface area contributed by atoms with E-state index in [-0.39, 0.29) is 30.5 Å². The predicted octanol–water partition coefficient (Wildman–Crippen LogP) is 2.69. The highest BCUT2D eigenvalue weighted by molar-refractivity contribution is 5.85. The zero-order valence-corrected chi connectivity index (χ0v) is 15.7. The van der Waals surface area contributed by atoms with Crippen LogP contribution in [0.15, 0.2) is 24.3 Å². The van der Waals surface area contributed by atoms with Gasteiger partial charge in [0.25, 0.3) is 0 Å². The second-order valence-electron chi connectivity index (χ2n) is 7.88. The maximum Gasteiger partial charge on any atom is 0.226 e. The number of nitrogens with one attached hydrogen (secondary N) is 1. The Bertz CT molecular complexity index is 615. The van der Waals surface area contributed by atoms with E-state index in [1.165, 1.54) is 11.1 Å². The van der Waals surface area contributed by atoms with Crippen LogP contribution >= 0.6 is 12.4 Å². The average Bonchev–Trinajstić information content (AvgIpc) is 3.16. The molecule has 0 bridgehead atoms. The van der Waals surface area contributed by atoms with Crippen molar-refractivity contribution in [2.24, 2.45) is 17.8 Å². The third kappa shape index (κ3) is 3.44. The molecule has 2 aliphatic heterocycles. The summed E-state index contributed by atoms with van der Waals surface area (Å²) >= 11 is 0. The molecular weight excluding hydrogens is 336 g/mol. The lowest BCUT2D eigenvalue weighted by Crippen LogP contribution is -2.40. The lowest BCUT2D eigenvalue weighted by molar-refractivity contribution is -0.138. The van der Waals surface area contributed by atoms with Gasteiger partial charge in [0.15, 0.2) is 0 Å². The van der Waals surface area contributed by atoms with E-state index in [9.17, 15) is 9.90 Å². The molecule has 1 aromatic rings. The Labute approximate surface area is 156 Å². The Hall–Kier alpha value is -1.10. The van der Waals surface area contributed by atoms with Crippen molar-refractivity contribution in [2.45, 2.75) is 44.8 Å². The summed E-state index contributed by atoms with van der Waals surface area (Å²) in [6.07, 6.45) is 3.01. The van der Waals surface area contributed by atoms with E-state index < -0.39 is 0 Å². The molecule has 3 fully saturated rings. The number of halogens is 1. The molecule has 4 rings (SSSR count). The van der Waals surface area contributed by atoms with Crippen molar-refractivity contribution in [2.75, 3.05) is 19.6 Å². The number of likely N-dealkylation sites (tertiary alicyclic amines) is 1. The first-order valence-corrected chi connectivity index (χ1v) is 9.40. The van der Waals surface area contributed by atoms with Crippen LogP contribution in [0, 0.1) is 24.7 Å². The van der Waals surface area contributed by atoms with Crippen LogP contribution < -0.4 is 5.32 Å². The number of hydrogen-bond donors (Lipinski definition) is 2. The van der Waals surface area contributed by atoms with Gasteiger partial charge in [0.1, 0.15) is 0 Å². The lowest BCUT2D eigenvalue weighted by Gasteiger charge is -2.34. The quantitative estimate of drug-likeness (QED) is 0.848. The fraction of sp³-hybridized carbons (Fsp3) is 0.650. The molecule has 0 radical (unpaired) electrons. The molecule has 0 aromatic heterocycles. The highest BCUT2D eigenvalue weighted by atomic mass is 35.5. The van der Waals surface area contributed by atoms with Crippen molar-refractivity contribution in [1.82, 2.24) is 10.2 Å². The van der Waals surface area contributed by atoms with Crippen molar-refractivity contribution >= 4 is 18.3 Å². The van der Waals surface area contributed by atoms with E-state index in [2.05, 4.69) is 41.4 Å². The molecule has 138 valence electrons. The fourth-order valence-corrected chi connectivity index (χ4v) is 5.02. The first-order chi connectivity index (χ1) is 11.6. The van der Waals surface area contributed by atoms with Crippen LogP contribution in [0.25, 0.3) is 0 Å². The van der Waals surface area contributed by atoms with Crippen LogP contribution in [-0.4, -0.2) is 41.7 Å². The SMILES string of the molecule is Cc1ccccc1[C@@H]1[C@H]2CNC[C@H]2CN1C(=O)C1CCC(O)CC1.Cl. The van der Waals surface area contributed by atoms with Crippen LogP contribution in [0.4, 0.5) is 0 Å². The van der Waals surface area contributed by atoms with Gasteiger partial charge >= 0.3 is 0 Å². The summed E-state index contributed by atoms with van der Waals surface area (Å²) in [5, 5.41) is 13.3. The first-order valence-electron chi connectivity index (χ1n) is 9.40. The highest BCUT2D eigenvalue weighted by Crippen LogP contribution is 2.45. The Morgan fingerprint density at radius 2 is 1.88 bits per heavy atom. The molecule has 3 aliphatic rings. The van der Waals surface area contributed by atoms with Gasteiger partial charge < -0.3 is 15.3 Å². The molecule has 1 aliphatic carbocycles. The Morgan fingerprint density at radius 3 is 2.60 bits per heavy atom. The van der Waals surface area contributed by atoms with E-state index in [0.717, 1.165) is 45.3 Å². The third-order valence-electron chi connectivity index (χ3n) is 6.40. The Balaban J connectivity index is 0.00000182. The van der Waals surface area contributed by atoms with Gasteiger partial charge in [-0.2, -0.15) is 0 Å². The summed E-state index contributed by atoms with van der Waals surface area (Å²) in [5.41, 5.74) is 2.60. The number of rotatable bonds is 2. The largest absolute Gasteiger partial charge is 0.393 e. The van der Waals surface area contributed by atoms with Gasteiger partial charge in [0.2, 0.25) is 5.91 Å². The molecule has 2 heterocycles. The summed E-state index contributed by atoms with van der Waals surface area (Å²) in [6, 6.07) is 8.74. The lowest BCUT2D eigenvalue weighted by atomic mass is 9.85. The number of fused-ring (bicyclic) bond motifs is 1. The number of aliphatic hydroxyl groups is 1. The minimum absolute atomic E-state index is 0. The summed E-state index contributed by atoms with van der Waals surface area (Å²) in [5.74, 6) is 1.54. The minimum Gasteiger partial charge on any atom is -0.393 e. The van der Waals surface area contributed by atoms with Crippen LogP contribution in [0.1, 0.15) is 42.9 Å². The standard InChI is InChI=1S/C20H28N2O2.ClH/c1-13-4-2-3-5-17(13)19-18-11-21-10-15(18)12-22(19)20(24)14-6-8-16(23)9-7-14;/h2-5,14-16,18-19,21,23H,6-12H2,1H3;1H/t14?,15-,16?,18-,19+;/m0./s1. The maximum absolute atomic E-state index is 13.3. The number of benzene rings is 1. The van der Waals surface area contributed by atoms with Crippen molar-refractivity contribution in [3.05, 3.63) is 35.4 Å². The second kappa shape index (κ2) is 7.65. The minimum atomic E-state index is -0.205. The Morgan fingerprint density at radius 1 is 1.16 bits per heavy atom. The van der Waals surface area contributed by atoms with Crippen molar-refractivity contribution in [3.63, 3.8) is 0 Å². The smallest absolute Gasteiger partial charge is 0.226 e. The molecule has 3 atom stereocenters. The van der Waals surface area contributed by atoms with Gasteiger partial charge in [0, 0.05) is 31.5 Å². The molecule has 0 unspecified atom stereocenters. The topological polar surface area (TPSA) is 52.6 Å². The molecule has 2 N–H and O–H groups in total. The van der Waals surface area contributed by atoms with E-state index in [4.69, 9.17) is 0 Å². The van der Waals surface area contributed by atoms with Gasteiger partial charge in [-0.1, -0.05) is 24.3 Å². The summed E-state index contributed by atoms with van der Waals surface area (Å²) < 4.78 is 0. The molecule has 1 saturated carbocycles. The number of aliphatic hydroxyl groups excluding tert-OH is 1. The molecule has 4 nitrogen and oxygen atoms in total. The Kier molecular flexibility index (Phi) is 5.71. The van der Waals surface area contributed by atoms with E-state index >= 15 is 0 Å². The van der Waals surface area contributed by atoms with Crippen LogP contribution in [-0.2, 0) is 4.79 Å². The molecular formula is C20H29ClN2O2. The molecule has 5 heteroatoms. The molecule has 1 aromatic carbocycles. The highest BCUT2D eigenvalue weighted by Gasteiger charge is 2.48. The maximum atomic E-state index is 13.3. The van der Waals surface area contributed by atoms with Gasteiger partial charge in [0.05, 0.1) is 12.1 Å². The van der Waals surface area contributed by atoms with E-state index in [1.54, 1.807) is 0 Å². The van der Waals surface area contributed by atoms with Crippen LogP contribution in [0.3, 0.4) is 0 Å². The van der Waals surface area contributed by atoms with Crippen molar-refractivity contribution in [3.8, 4) is 0 Å². The van der Waals surface area contributed by atoms with Crippen molar-refractivity contribution < 1.29 is 9.90 Å². The van der Waals surface area contributed by atoms with Crippen LogP contribution in [0.2, 0.25) is 0 Å². The molecule has 25 heavy (non-hydrogen) atoms. The summed E-state index contributed by atoms with van der Waals surface area (Å²) in [4.78, 5) is 15.4. The van der Waals surface area contributed by atoms with Gasteiger partial charge in [-0.05, 0) is 49.7 Å². The zero-order valence-electron chi connectivity index (χ0n) is 14.9. The summed E-state index contributed by atoms with van der Waals surface area (Å²) in [6.45, 7) is 5.08. The first kappa shape index (κ1) is 18.7. The number of nitrogens with zero attached hydrogens (tertiary/aromatic N) is 1. The normalized spacial score (nSPS) is 34.5. The molecule has 0 spiro atoms. The van der Waals surface area contributed by atoms with Crippen molar-refractivity contribution in [1.29, 1.82) is 0 Å². The number of amides is 1. The molecule has 2 saturated heterocycles. The van der Waals surface area contributed by atoms with Gasteiger partial charge in [-0.25, -0.2) is 0 Å². The number of carbonyl (C=O) groups excluding carboxylic acids is 1. The van der Waals surface area contributed by atoms with Gasteiger partial charge in [-0.15, -0.1) is 12.4 Å². The number of hydrogen-bond acceptors (Lipinski definition) is 3. The molecule has 1 amide bonds. The monoisotopic (exact) mass is 364 g/mol. The average molecular weight is 365 g/mol. The summed E-state index contributed by atoms with van der Waals surface area (Å²) in [7, 11) is 0. The predicted molar refractivity (Wildman–Crippen MR) is 101 cm³/mol. The third-order valence-corrected chi connectivity index (χ3v) is 6.40. The van der Waals surface area contributed by atoms with E-state index in [0.29, 0.717) is 17.7 Å². The van der Waals surface area contributed by atoms with Gasteiger partial charge in [-0.3, -0.25) is 4.79 Å². The van der Waals surface area contributed by atoms with Crippen LogP contribution in [0.5, 0.6) is 0 Å².